The second kappa shape index (κ2) is 8.42. The minimum Gasteiger partial charge on any atom is -0.383 e. The summed E-state index contributed by atoms with van der Waals surface area (Å²) in [6.45, 7) is 6.38. The Morgan fingerprint density at radius 3 is 2.75 bits per heavy atom. The molecule has 3 aromatic heterocycles. The molecular formula is C21H23ClFN7OS. The highest BCUT2D eigenvalue weighted by atomic mass is 35.5. The SMILES string of the molecule is COC[C@@]1(C)SC(N)=N[C@](C)(c2cc(Nc3ncnc4cc(Cl)cnc34)cnc2F)C1C. The van der Waals surface area contributed by atoms with Crippen molar-refractivity contribution in [3.05, 3.63) is 47.4 Å². The third-order valence-electron chi connectivity index (χ3n) is 5.96. The predicted molar refractivity (Wildman–Crippen MR) is 126 cm³/mol. The van der Waals surface area contributed by atoms with Crippen LogP contribution < -0.4 is 11.1 Å². The zero-order chi connectivity index (χ0) is 23.1. The summed E-state index contributed by atoms with van der Waals surface area (Å²) in [5.74, 6) is -0.260. The van der Waals surface area contributed by atoms with Crippen LogP contribution in [0.15, 0.2) is 35.8 Å². The molecule has 0 fully saturated rings. The van der Waals surface area contributed by atoms with Crippen LogP contribution in [0.1, 0.15) is 26.3 Å². The fourth-order valence-electron chi connectivity index (χ4n) is 4.02. The van der Waals surface area contributed by atoms with Gasteiger partial charge in [-0.2, -0.15) is 4.39 Å². The number of rotatable bonds is 5. The van der Waals surface area contributed by atoms with Crippen molar-refractivity contribution in [1.29, 1.82) is 0 Å². The third kappa shape index (κ3) is 3.98. The summed E-state index contributed by atoms with van der Waals surface area (Å²) in [5, 5.41) is 4.02. The van der Waals surface area contributed by atoms with Gasteiger partial charge in [-0.3, -0.25) is 4.99 Å². The van der Waals surface area contributed by atoms with Crippen molar-refractivity contribution in [3.63, 3.8) is 0 Å². The van der Waals surface area contributed by atoms with Crippen LogP contribution in [-0.2, 0) is 10.3 Å². The number of thioether (sulfide) groups is 1. The minimum absolute atomic E-state index is 0.109. The van der Waals surface area contributed by atoms with Gasteiger partial charge in [0.1, 0.15) is 11.8 Å². The maximum Gasteiger partial charge on any atom is 0.218 e. The second-order valence-electron chi connectivity index (χ2n) is 8.10. The fraction of sp³-hybridized carbons (Fsp3) is 0.381. The molecule has 4 rings (SSSR count). The lowest BCUT2D eigenvalue weighted by atomic mass is 9.74. The molecule has 1 unspecified atom stereocenters. The van der Waals surface area contributed by atoms with Gasteiger partial charge in [0, 0.05) is 29.5 Å². The van der Waals surface area contributed by atoms with Gasteiger partial charge in [0.05, 0.1) is 34.6 Å². The fourth-order valence-corrected chi connectivity index (χ4v) is 5.47. The Labute approximate surface area is 194 Å². The summed E-state index contributed by atoms with van der Waals surface area (Å²) in [6, 6.07) is 3.38. The summed E-state index contributed by atoms with van der Waals surface area (Å²) in [5.41, 5.74) is 7.20. The first kappa shape index (κ1) is 22.6. The zero-order valence-electron chi connectivity index (χ0n) is 18.1. The van der Waals surface area contributed by atoms with Crippen LogP contribution in [0.2, 0.25) is 5.02 Å². The third-order valence-corrected chi connectivity index (χ3v) is 7.40. The van der Waals surface area contributed by atoms with E-state index in [2.05, 4.69) is 30.2 Å². The minimum atomic E-state index is -0.948. The molecular weight excluding hydrogens is 453 g/mol. The van der Waals surface area contributed by atoms with Crippen molar-refractivity contribution in [3.8, 4) is 0 Å². The molecule has 0 bridgehead atoms. The first-order valence-electron chi connectivity index (χ1n) is 9.89. The van der Waals surface area contributed by atoms with E-state index < -0.39 is 16.2 Å². The molecule has 1 aliphatic heterocycles. The molecule has 0 saturated carbocycles. The van der Waals surface area contributed by atoms with E-state index in [4.69, 9.17) is 22.1 Å². The Morgan fingerprint density at radius 2 is 2.00 bits per heavy atom. The first-order valence-corrected chi connectivity index (χ1v) is 11.1. The Bertz CT molecular complexity index is 1210. The number of aromatic nitrogens is 4. The van der Waals surface area contributed by atoms with E-state index in [1.54, 1.807) is 19.2 Å². The number of aliphatic imine (C=N–C) groups is 1. The Kier molecular flexibility index (Phi) is 5.95. The van der Waals surface area contributed by atoms with Crippen LogP contribution in [-0.4, -0.2) is 43.6 Å². The van der Waals surface area contributed by atoms with Gasteiger partial charge >= 0.3 is 0 Å². The molecule has 1 aliphatic rings. The first-order chi connectivity index (χ1) is 15.2. The molecule has 3 atom stereocenters. The molecule has 11 heteroatoms. The van der Waals surface area contributed by atoms with Crippen molar-refractivity contribution >= 4 is 51.1 Å². The number of ether oxygens (including phenoxy) is 1. The number of hydrogen-bond acceptors (Lipinski definition) is 9. The number of nitrogens with two attached hydrogens (primary N) is 1. The lowest BCUT2D eigenvalue weighted by Crippen LogP contribution is -2.50. The zero-order valence-corrected chi connectivity index (χ0v) is 19.6. The summed E-state index contributed by atoms with van der Waals surface area (Å²) in [4.78, 5) is 21.4. The number of nitrogens with one attached hydrogen (secondary N) is 1. The van der Waals surface area contributed by atoms with Crippen LogP contribution >= 0.6 is 23.4 Å². The van der Waals surface area contributed by atoms with Crippen LogP contribution in [0.25, 0.3) is 11.0 Å². The van der Waals surface area contributed by atoms with Gasteiger partial charge in [-0.25, -0.2) is 19.9 Å². The Balaban J connectivity index is 1.76. The molecule has 3 aromatic rings. The highest BCUT2D eigenvalue weighted by molar-refractivity contribution is 8.15. The van der Waals surface area contributed by atoms with Crippen LogP contribution in [0, 0.1) is 11.9 Å². The number of amidine groups is 1. The van der Waals surface area contributed by atoms with Gasteiger partial charge in [0.2, 0.25) is 5.95 Å². The number of methoxy groups -OCH3 is 1. The largest absolute Gasteiger partial charge is 0.383 e. The summed E-state index contributed by atoms with van der Waals surface area (Å²) in [7, 11) is 1.64. The van der Waals surface area contributed by atoms with Crippen LogP contribution in [0.3, 0.4) is 0 Å². The number of halogens is 2. The molecule has 8 nitrogen and oxygen atoms in total. The molecule has 0 aromatic carbocycles. The van der Waals surface area contributed by atoms with Gasteiger partial charge in [0.15, 0.2) is 11.0 Å². The van der Waals surface area contributed by atoms with E-state index in [-0.39, 0.29) is 5.92 Å². The normalized spacial score (nSPS) is 25.6. The molecule has 0 saturated heterocycles. The van der Waals surface area contributed by atoms with Crippen molar-refractivity contribution in [1.82, 2.24) is 19.9 Å². The van der Waals surface area contributed by atoms with Crippen molar-refractivity contribution in [2.45, 2.75) is 31.1 Å². The predicted octanol–water partition coefficient (Wildman–Crippen LogP) is 4.27. The maximum absolute atomic E-state index is 15.0. The van der Waals surface area contributed by atoms with E-state index >= 15 is 4.39 Å². The molecule has 168 valence electrons. The smallest absolute Gasteiger partial charge is 0.218 e. The van der Waals surface area contributed by atoms with Crippen LogP contribution in [0.5, 0.6) is 0 Å². The summed E-state index contributed by atoms with van der Waals surface area (Å²) in [6.07, 6.45) is 4.32. The highest BCUT2D eigenvalue weighted by Gasteiger charge is 2.50. The Hall–Kier alpha value is -2.56. The molecule has 0 aliphatic carbocycles. The number of hydrogen-bond donors (Lipinski definition) is 2. The van der Waals surface area contributed by atoms with Gasteiger partial charge in [-0.05, 0) is 26.0 Å². The average molecular weight is 476 g/mol. The lowest BCUT2D eigenvalue weighted by molar-refractivity contribution is 0.124. The van der Waals surface area contributed by atoms with E-state index in [9.17, 15) is 0 Å². The molecule has 0 radical (unpaired) electrons. The molecule has 0 amide bonds. The van der Waals surface area contributed by atoms with Gasteiger partial charge in [0.25, 0.3) is 0 Å². The van der Waals surface area contributed by atoms with E-state index in [1.807, 2.05) is 20.8 Å². The summed E-state index contributed by atoms with van der Waals surface area (Å²) >= 11 is 7.46. The van der Waals surface area contributed by atoms with E-state index in [0.29, 0.717) is 44.9 Å². The van der Waals surface area contributed by atoms with Crippen molar-refractivity contribution in [2.75, 3.05) is 19.0 Å². The van der Waals surface area contributed by atoms with Crippen molar-refractivity contribution < 1.29 is 9.13 Å². The van der Waals surface area contributed by atoms with E-state index in [0.717, 1.165) is 0 Å². The second-order valence-corrected chi connectivity index (χ2v) is 10.1. The average Bonchev–Trinajstić information content (AvgIpc) is 2.73. The number of pyridine rings is 2. The quantitative estimate of drug-likeness (QED) is 0.526. The maximum atomic E-state index is 15.0. The molecule has 0 spiro atoms. The topological polar surface area (TPSA) is 111 Å². The Morgan fingerprint density at radius 1 is 1.22 bits per heavy atom. The number of anilines is 2. The van der Waals surface area contributed by atoms with Gasteiger partial charge in [-0.1, -0.05) is 30.3 Å². The summed E-state index contributed by atoms with van der Waals surface area (Å²) < 4.78 is 20.1. The number of nitrogens with zero attached hydrogens (tertiary/aromatic N) is 5. The molecule has 4 heterocycles. The van der Waals surface area contributed by atoms with Crippen LogP contribution in [0.4, 0.5) is 15.9 Å². The van der Waals surface area contributed by atoms with Gasteiger partial charge in [-0.15, -0.1) is 0 Å². The van der Waals surface area contributed by atoms with Gasteiger partial charge < -0.3 is 15.8 Å². The molecule has 32 heavy (non-hydrogen) atoms. The van der Waals surface area contributed by atoms with E-state index in [1.165, 1.54) is 30.5 Å². The monoisotopic (exact) mass is 475 g/mol. The van der Waals surface area contributed by atoms with Crippen molar-refractivity contribution in [2.24, 2.45) is 16.6 Å². The highest BCUT2D eigenvalue weighted by Crippen LogP contribution is 2.50. The standard InChI is InChI=1S/C21H23ClFN7OS/c1-11-20(2,9-31-4)32-19(24)30-21(11,3)14-6-13(8-26-17(14)23)29-18-16-15(27-10-28-18)5-12(22)7-25-16/h5-8,10-11H,9H2,1-4H3,(H2,24,30)(H,27,28,29)/t11?,20-,21+/m1/s1. The lowest BCUT2D eigenvalue weighted by Gasteiger charge is -2.47. The molecule has 3 N–H and O–H groups in total. The number of fused-ring (bicyclic) bond motifs is 1.